The molecule has 0 aliphatic rings. The third-order valence-corrected chi connectivity index (χ3v) is 4.46. The standard InChI is InChI=1S/C22H24N2O2/c1-17-8-7-10-18(14-17)20(24-12-5-6-13-24)15-22(25)23-16-19-9-3-4-11-21(19)26-2/h3-14,20H,15-16H2,1-2H3,(H,23,25). The van der Waals surface area contributed by atoms with Crippen molar-refractivity contribution in [2.24, 2.45) is 0 Å². The molecule has 4 heteroatoms. The van der Waals surface area contributed by atoms with Crippen LogP contribution in [0.3, 0.4) is 0 Å². The Morgan fingerprint density at radius 2 is 1.85 bits per heavy atom. The molecular weight excluding hydrogens is 324 g/mol. The molecule has 1 heterocycles. The molecule has 134 valence electrons. The molecule has 3 rings (SSSR count). The van der Waals surface area contributed by atoms with Crippen LogP contribution in [0.15, 0.2) is 73.1 Å². The van der Waals surface area contributed by atoms with Gasteiger partial charge in [-0.15, -0.1) is 0 Å². The Morgan fingerprint density at radius 1 is 1.08 bits per heavy atom. The molecule has 26 heavy (non-hydrogen) atoms. The molecule has 1 amide bonds. The number of hydrogen-bond donors (Lipinski definition) is 1. The fourth-order valence-corrected chi connectivity index (χ4v) is 3.12. The van der Waals surface area contributed by atoms with Crippen LogP contribution in [-0.4, -0.2) is 17.6 Å². The van der Waals surface area contributed by atoms with Crippen LogP contribution in [0.25, 0.3) is 0 Å². The van der Waals surface area contributed by atoms with Crippen molar-refractivity contribution in [1.29, 1.82) is 0 Å². The summed E-state index contributed by atoms with van der Waals surface area (Å²) in [7, 11) is 1.64. The number of hydrogen-bond acceptors (Lipinski definition) is 2. The largest absolute Gasteiger partial charge is 0.496 e. The molecule has 1 unspecified atom stereocenters. The molecule has 2 aromatic carbocycles. The number of aryl methyl sites for hydroxylation is 1. The minimum Gasteiger partial charge on any atom is -0.496 e. The summed E-state index contributed by atoms with van der Waals surface area (Å²) in [4.78, 5) is 12.6. The van der Waals surface area contributed by atoms with E-state index >= 15 is 0 Å². The number of ether oxygens (including phenoxy) is 1. The third-order valence-electron chi connectivity index (χ3n) is 4.46. The lowest BCUT2D eigenvalue weighted by atomic mass is 10.0. The number of methoxy groups -OCH3 is 1. The van der Waals surface area contributed by atoms with Crippen molar-refractivity contribution in [1.82, 2.24) is 9.88 Å². The van der Waals surface area contributed by atoms with Crippen molar-refractivity contribution in [3.05, 3.63) is 89.7 Å². The van der Waals surface area contributed by atoms with Crippen LogP contribution >= 0.6 is 0 Å². The fraction of sp³-hybridized carbons (Fsp3) is 0.227. The van der Waals surface area contributed by atoms with Gasteiger partial charge in [0.25, 0.3) is 0 Å². The summed E-state index contributed by atoms with van der Waals surface area (Å²) in [6.07, 6.45) is 4.38. The minimum atomic E-state index is -0.0254. The van der Waals surface area contributed by atoms with E-state index in [9.17, 15) is 4.79 Å². The van der Waals surface area contributed by atoms with Gasteiger partial charge in [0.1, 0.15) is 5.75 Å². The lowest BCUT2D eigenvalue weighted by Gasteiger charge is -2.20. The summed E-state index contributed by atoms with van der Waals surface area (Å²) in [6, 6.07) is 20.0. The number of para-hydroxylation sites is 1. The van der Waals surface area contributed by atoms with Gasteiger partial charge >= 0.3 is 0 Å². The SMILES string of the molecule is COc1ccccc1CNC(=O)CC(c1cccc(C)c1)n1cccc1. The summed E-state index contributed by atoms with van der Waals surface area (Å²) in [5.74, 6) is 0.796. The van der Waals surface area contributed by atoms with Gasteiger partial charge in [0.15, 0.2) is 0 Å². The number of aromatic nitrogens is 1. The predicted octanol–water partition coefficient (Wildman–Crippen LogP) is 4.10. The van der Waals surface area contributed by atoms with Gasteiger partial charge in [-0.1, -0.05) is 48.0 Å². The Kier molecular flexibility index (Phi) is 5.74. The smallest absolute Gasteiger partial charge is 0.222 e. The van der Waals surface area contributed by atoms with Gasteiger partial charge in [-0.25, -0.2) is 0 Å². The summed E-state index contributed by atoms with van der Waals surface area (Å²) >= 11 is 0. The number of benzene rings is 2. The summed E-state index contributed by atoms with van der Waals surface area (Å²) in [5, 5.41) is 3.02. The van der Waals surface area contributed by atoms with Gasteiger partial charge in [-0.3, -0.25) is 4.79 Å². The molecule has 0 aliphatic heterocycles. The quantitative estimate of drug-likeness (QED) is 0.698. The second-order valence-corrected chi connectivity index (χ2v) is 6.35. The summed E-state index contributed by atoms with van der Waals surface area (Å²) in [5.41, 5.74) is 3.29. The average Bonchev–Trinajstić information content (AvgIpc) is 3.19. The fourth-order valence-electron chi connectivity index (χ4n) is 3.12. The van der Waals surface area contributed by atoms with Gasteiger partial charge < -0.3 is 14.6 Å². The lowest BCUT2D eigenvalue weighted by Crippen LogP contribution is -2.26. The number of amides is 1. The van der Waals surface area contributed by atoms with E-state index in [0.717, 1.165) is 16.9 Å². The van der Waals surface area contributed by atoms with Crippen LogP contribution in [0.2, 0.25) is 0 Å². The maximum Gasteiger partial charge on any atom is 0.222 e. The number of nitrogens with zero attached hydrogens (tertiary/aromatic N) is 1. The minimum absolute atomic E-state index is 0.0103. The molecule has 0 radical (unpaired) electrons. The van der Waals surface area contributed by atoms with Gasteiger partial charge in [-0.05, 0) is 30.7 Å². The van der Waals surface area contributed by atoms with Gasteiger partial charge in [0, 0.05) is 24.5 Å². The van der Waals surface area contributed by atoms with Crippen molar-refractivity contribution in [3.63, 3.8) is 0 Å². The highest BCUT2D eigenvalue weighted by Crippen LogP contribution is 2.23. The van der Waals surface area contributed by atoms with E-state index in [4.69, 9.17) is 4.74 Å². The molecule has 0 fully saturated rings. The summed E-state index contributed by atoms with van der Waals surface area (Å²) in [6.45, 7) is 2.52. The van der Waals surface area contributed by atoms with E-state index in [-0.39, 0.29) is 11.9 Å². The molecule has 1 N–H and O–H groups in total. The number of rotatable bonds is 7. The average molecular weight is 348 g/mol. The van der Waals surface area contributed by atoms with E-state index in [2.05, 4.69) is 35.0 Å². The second kappa shape index (κ2) is 8.39. The van der Waals surface area contributed by atoms with E-state index in [1.54, 1.807) is 7.11 Å². The molecule has 0 spiro atoms. The highest BCUT2D eigenvalue weighted by molar-refractivity contribution is 5.77. The normalized spacial score (nSPS) is 11.8. The van der Waals surface area contributed by atoms with Crippen LogP contribution < -0.4 is 10.1 Å². The maximum atomic E-state index is 12.6. The molecule has 0 saturated heterocycles. The van der Waals surface area contributed by atoms with Crippen LogP contribution in [0.1, 0.15) is 29.2 Å². The molecule has 4 nitrogen and oxygen atoms in total. The van der Waals surface area contributed by atoms with Crippen LogP contribution in [0.5, 0.6) is 5.75 Å². The molecular formula is C22H24N2O2. The van der Waals surface area contributed by atoms with Crippen LogP contribution in [0, 0.1) is 6.92 Å². The number of carbonyl (C=O) groups is 1. The van der Waals surface area contributed by atoms with E-state index in [1.165, 1.54) is 5.56 Å². The van der Waals surface area contributed by atoms with Crippen LogP contribution in [0.4, 0.5) is 0 Å². The molecule has 0 aliphatic carbocycles. The zero-order chi connectivity index (χ0) is 18.4. The first-order valence-corrected chi connectivity index (χ1v) is 8.75. The van der Waals surface area contributed by atoms with E-state index in [0.29, 0.717) is 13.0 Å². The second-order valence-electron chi connectivity index (χ2n) is 6.35. The van der Waals surface area contributed by atoms with Gasteiger partial charge in [0.05, 0.1) is 19.6 Å². The van der Waals surface area contributed by atoms with E-state index in [1.807, 2.05) is 54.9 Å². The summed E-state index contributed by atoms with van der Waals surface area (Å²) < 4.78 is 7.43. The predicted molar refractivity (Wildman–Crippen MR) is 103 cm³/mol. The monoisotopic (exact) mass is 348 g/mol. The van der Waals surface area contributed by atoms with Crippen LogP contribution in [-0.2, 0) is 11.3 Å². The van der Waals surface area contributed by atoms with Crippen molar-refractivity contribution >= 4 is 5.91 Å². The maximum absolute atomic E-state index is 12.6. The van der Waals surface area contributed by atoms with Crippen molar-refractivity contribution in [3.8, 4) is 5.75 Å². The first-order chi connectivity index (χ1) is 12.7. The van der Waals surface area contributed by atoms with Crippen molar-refractivity contribution < 1.29 is 9.53 Å². The highest BCUT2D eigenvalue weighted by atomic mass is 16.5. The third kappa shape index (κ3) is 4.33. The first-order valence-electron chi connectivity index (χ1n) is 8.75. The molecule has 0 saturated carbocycles. The Labute approximate surface area is 154 Å². The zero-order valence-corrected chi connectivity index (χ0v) is 15.2. The molecule has 1 atom stereocenters. The van der Waals surface area contributed by atoms with Gasteiger partial charge in [0.2, 0.25) is 5.91 Å². The highest BCUT2D eigenvalue weighted by Gasteiger charge is 2.17. The zero-order valence-electron chi connectivity index (χ0n) is 15.2. The molecule has 0 bridgehead atoms. The van der Waals surface area contributed by atoms with Crippen molar-refractivity contribution in [2.75, 3.05) is 7.11 Å². The van der Waals surface area contributed by atoms with Gasteiger partial charge in [-0.2, -0.15) is 0 Å². The Hall–Kier alpha value is -3.01. The van der Waals surface area contributed by atoms with Crippen molar-refractivity contribution in [2.45, 2.75) is 25.9 Å². The Morgan fingerprint density at radius 3 is 2.58 bits per heavy atom. The Bertz CT molecular complexity index is 856. The number of carbonyl (C=O) groups excluding carboxylic acids is 1. The lowest BCUT2D eigenvalue weighted by molar-refractivity contribution is -0.121. The molecule has 1 aromatic heterocycles. The first kappa shape index (κ1) is 17.8. The van der Waals surface area contributed by atoms with E-state index < -0.39 is 0 Å². The topological polar surface area (TPSA) is 43.3 Å². The number of nitrogens with one attached hydrogen (secondary N) is 1. The molecule has 3 aromatic rings. The Balaban J connectivity index is 1.72.